The van der Waals surface area contributed by atoms with Crippen LogP contribution in [-0.4, -0.2) is 27.5 Å². The molecule has 1 aliphatic heterocycles. The number of hydrogen-bond acceptors (Lipinski definition) is 4. The number of halogens is 1. The average molecular weight is 379 g/mol. The molecule has 0 spiro atoms. The van der Waals surface area contributed by atoms with Crippen molar-refractivity contribution in [2.45, 2.75) is 18.6 Å². The van der Waals surface area contributed by atoms with Crippen LogP contribution in [0.3, 0.4) is 0 Å². The van der Waals surface area contributed by atoms with Crippen LogP contribution in [0, 0.1) is 5.82 Å². The highest BCUT2D eigenvalue weighted by Crippen LogP contribution is 2.24. The number of nitrogens with zero attached hydrogens (tertiary/aromatic N) is 2. The standard InChI is InChI=1S/C21H18FN3O3/c1-25-10-9-23-19(25)18(14-6-4-7-15(22)11-14)24-20(26)17-12-13-5-2-3-8-16(13)21(27)28-17/h2-11,17-18H,12H2,1H3,(H,24,26)/t17-,18-/m0/s1. The smallest absolute Gasteiger partial charge is 0.339 e. The first-order valence-corrected chi connectivity index (χ1v) is 8.85. The summed E-state index contributed by atoms with van der Waals surface area (Å²) < 4.78 is 20.8. The molecule has 7 heteroatoms. The van der Waals surface area contributed by atoms with E-state index < -0.39 is 29.8 Å². The molecule has 0 saturated carbocycles. The number of aromatic nitrogens is 2. The lowest BCUT2D eigenvalue weighted by Crippen LogP contribution is -2.43. The fourth-order valence-electron chi connectivity index (χ4n) is 3.35. The van der Waals surface area contributed by atoms with Gasteiger partial charge in [0.15, 0.2) is 6.10 Å². The molecule has 0 unspecified atom stereocenters. The van der Waals surface area contributed by atoms with Gasteiger partial charge in [0, 0.05) is 25.9 Å². The molecule has 1 aliphatic rings. The van der Waals surface area contributed by atoms with Crippen molar-refractivity contribution >= 4 is 11.9 Å². The molecule has 0 fully saturated rings. The second-order valence-corrected chi connectivity index (χ2v) is 6.65. The number of cyclic esters (lactones) is 1. The van der Waals surface area contributed by atoms with E-state index in [1.807, 2.05) is 6.07 Å². The molecule has 0 bridgehead atoms. The van der Waals surface area contributed by atoms with E-state index in [-0.39, 0.29) is 6.42 Å². The van der Waals surface area contributed by atoms with Gasteiger partial charge in [0.1, 0.15) is 17.7 Å². The van der Waals surface area contributed by atoms with Gasteiger partial charge in [-0.3, -0.25) is 4.79 Å². The summed E-state index contributed by atoms with van der Waals surface area (Å²) in [5, 5.41) is 2.86. The second-order valence-electron chi connectivity index (χ2n) is 6.65. The van der Waals surface area contributed by atoms with E-state index >= 15 is 0 Å². The topological polar surface area (TPSA) is 73.2 Å². The van der Waals surface area contributed by atoms with Gasteiger partial charge in [0.05, 0.1) is 5.56 Å². The third-order valence-corrected chi connectivity index (χ3v) is 4.77. The molecule has 2 heterocycles. The molecule has 1 N–H and O–H groups in total. The Bertz CT molecular complexity index is 1050. The molecule has 1 amide bonds. The zero-order chi connectivity index (χ0) is 19.7. The molecule has 1 aromatic heterocycles. The van der Waals surface area contributed by atoms with Crippen LogP contribution in [0.25, 0.3) is 0 Å². The van der Waals surface area contributed by atoms with Gasteiger partial charge in [0.2, 0.25) is 0 Å². The van der Waals surface area contributed by atoms with E-state index in [9.17, 15) is 14.0 Å². The van der Waals surface area contributed by atoms with Crippen LogP contribution in [0.15, 0.2) is 60.9 Å². The summed E-state index contributed by atoms with van der Waals surface area (Å²) in [7, 11) is 1.79. The van der Waals surface area contributed by atoms with Gasteiger partial charge >= 0.3 is 5.97 Å². The molecule has 142 valence electrons. The summed E-state index contributed by atoms with van der Waals surface area (Å²) in [6.07, 6.45) is 2.67. The second kappa shape index (κ2) is 7.26. The quantitative estimate of drug-likeness (QED) is 0.707. The minimum Gasteiger partial charge on any atom is -0.448 e. The zero-order valence-corrected chi connectivity index (χ0v) is 15.1. The maximum Gasteiger partial charge on any atom is 0.339 e. The molecule has 4 rings (SSSR count). The lowest BCUT2D eigenvalue weighted by atomic mass is 9.97. The molecular weight excluding hydrogens is 361 g/mol. The molecule has 0 radical (unpaired) electrons. The lowest BCUT2D eigenvalue weighted by Gasteiger charge is -2.26. The molecule has 28 heavy (non-hydrogen) atoms. The number of rotatable bonds is 4. The summed E-state index contributed by atoms with van der Waals surface area (Å²) in [5.74, 6) is -0.855. The molecule has 0 saturated heterocycles. The Hall–Kier alpha value is -3.48. The Morgan fingerprint density at radius 1 is 1.29 bits per heavy atom. The van der Waals surface area contributed by atoms with Crippen LogP contribution in [0.4, 0.5) is 4.39 Å². The van der Waals surface area contributed by atoms with Gasteiger partial charge in [-0.1, -0.05) is 30.3 Å². The third-order valence-electron chi connectivity index (χ3n) is 4.77. The van der Waals surface area contributed by atoms with E-state index in [0.717, 1.165) is 5.56 Å². The van der Waals surface area contributed by atoms with Crippen molar-refractivity contribution in [1.29, 1.82) is 0 Å². The first-order valence-electron chi connectivity index (χ1n) is 8.85. The minimum absolute atomic E-state index is 0.282. The van der Waals surface area contributed by atoms with Crippen LogP contribution in [0.1, 0.15) is 33.4 Å². The van der Waals surface area contributed by atoms with Crippen molar-refractivity contribution < 1.29 is 18.7 Å². The van der Waals surface area contributed by atoms with Crippen molar-refractivity contribution in [2.24, 2.45) is 7.05 Å². The lowest BCUT2D eigenvalue weighted by molar-refractivity contribution is -0.130. The predicted octanol–water partition coefficient (Wildman–Crippen LogP) is 2.55. The van der Waals surface area contributed by atoms with Gasteiger partial charge in [-0.2, -0.15) is 0 Å². The van der Waals surface area contributed by atoms with E-state index in [0.29, 0.717) is 17.0 Å². The van der Waals surface area contributed by atoms with Gasteiger partial charge in [-0.15, -0.1) is 0 Å². The van der Waals surface area contributed by atoms with E-state index in [2.05, 4.69) is 10.3 Å². The Balaban J connectivity index is 1.62. The van der Waals surface area contributed by atoms with Crippen LogP contribution in [-0.2, 0) is 23.0 Å². The minimum atomic E-state index is -0.960. The number of fused-ring (bicyclic) bond motifs is 1. The molecule has 0 aliphatic carbocycles. The highest BCUT2D eigenvalue weighted by molar-refractivity contribution is 5.95. The van der Waals surface area contributed by atoms with Crippen LogP contribution < -0.4 is 5.32 Å². The Morgan fingerprint density at radius 2 is 2.11 bits per heavy atom. The first kappa shape index (κ1) is 17.9. The summed E-state index contributed by atoms with van der Waals surface area (Å²) in [4.78, 5) is 29.4. The van der Waals surface area contributed by atoms with E-state index in [1.54, 1.807) is 54.3 Å². The van der Waals surface area contributed by atoms with E-state index in [1.165, 1.54) is 12.1 Å². The first-order chi connectivity index (χ1) is 13.5. The van der Waals surface area contributed by atoms with Gasteiger partial charge in [0.25, 0.3) is 5.91 Å². The maximum atomic E-state index is 13.8. The normalized spacial score (nSPS) is 16.8. The van der Waals surface area contributed by atoms with Crippen LogP contribution in [0.2, 0.25) is 0 Å². The number of amides is 1. The third kappa shape index (κ3) is 3.38. The number of carbonyl (C=O) groups is 2. The Morgan fingerprint density at radius 3 is 2.86 bits per heavy atom. The summed E-state index contributed by atoms with van der Waals surface area (Å²) in [6, 6.07) is 12.3. The van der Waals surface area contributed by atoms with Gasteiger partial charge in [-0.05, 0) is 29.3 Å². The molecule has 6 nitrogen and oxygen atoms in total. The predicted molar refractivity (Wildman–Crippen MR) is 98.9 cm³/mol. The number of benzene rings is 2. The van der Waals surface area contributed by atoms with Gasteiger partial charge in [-0.25, -0.2) is 14.2 Å². The summed E-state index contributed by atoms with van der Waals surface area (Å²) in [5.41, 5.74) is 1.78. The number of ether oxygens (including phenoxy) is 1. The van der Waals surface area contributed by atoms with Crippen molar-refractivity contribution in [3.8, 4) is 0 Å². The summed E-state index contributed by atoms with van der Waals surface area (Å²) in [6.45, 7) is 0. The highest BCUT2D eigenvalue weighted by Gasteiger charge is 2.33. The average Bonchev–Trinajstić information content (AvgIpc) is 3.11. The molecule has 2 atom stereocenters. The monoisotopic (exact) mass is 379 g/mol. The molecule has 3 aromatic rings. The van der Waals surface area contributed by atoms with Crippen LogP contribution in [0.5, 0.6) is 0 Å². The fraction of sp³-hybridized carbons (Fsp3) is 0.190. The zero-order valence-electron chi connectivity index (χ0n) is 15.1. The number of esters is 1. The van der Waals surface area contributed by atoms with Crippen molar-refractivity contribution in [3.63, 3.8) is 0 Å². The Kier molecular flexibility index (Phi) is 4.65. The van der Waals surface area contributed by atoms with Crippen molar-refractivity contribution in [3.05, 3.63) is 89.3 Å². The van der Waals surface area contributed by atoms with Gasteiger partial charge < -0.3 is 14.6 Å². The number of carbonyl (C=O) groups excluding carboxylic acids is 2. The van der Waals surface area contributed by atoms with Crippen LogP contribution >= 0.6 is 0 Å². The maximum absolute atomic E-state index is 13.8. The summed E-state index contributed by atoms with van der Waals surface area (Å²) >= 11 is 0. The number of imidazole rings is 1. The Labute approximate surface area is 161 Å². The molecule has 2 aromatic carbocycles. The number of hydrogen-bond donors (Lipinski definition) is 1. The molecular formula is C21H18FN3O3. The SMILES string of the molecule is Cn1ccnc1[C@@H](NC(=O)[C@@H]1Cc2ccccc2C(=O)O1)c1cccc(F)c1. The number of aryl methyl sites for hydroxylation is 1. The number of nitrogens with one attached hydrogen (secondary N) is 1. The highest BCUT2D eigenvalue weighted by atomic mass is 19.1. The van der Waals surface area contributed by atoms with Crippen molar-refractivity contribution in [2.75, 3.05) is 0 Å². The van der Waals surface area contributed by atoms with E-state index in [4.69, 9.17) is 4.74 Å². The van der Waals surface area contributed by atoms with Crippen molar-refractivity contribution in [1.82, 2.24) is 14.9 Å². The largest absolute Gasteiger partial charge is 0.448 e. The fourth-order valence-corrected chi connectivity index (χ4v) is 3.35.